The van der Waals surface area contributed by atoms with Crippen LogP contribution in [-0.4, -0.2) is 18.2 Å². The molecule has 0 radical (unpaired) electrons. The molecule has 4 heteroatoms. The van der Waals surface area contributed by atoms with Gasteiger partial charge in [0.05, 0.1) is 12.1 Å². The first kappa shape index (κ1) is 12.4. The molecule has 0 bridgehead atoms. The number of furan rings is 1. The Kier molecular flexibility index (Phi) is 3.92. The van der Waals surface area contributed by atoms with E-state index in [0.717, 1.165) is 35.5 Å². The molecule has 1 aliphatic rings. The molecule has 3 nitrogen and oxygen atoms in total. The van der Waals surface area contributed by atoms with Crippen LogP contribution in [0.3, 0.4) is 0 Å². The molecule has 16 heavy (non-hydrogen) atoms. The van der Waals surface area contributed by atoms with Gasteiger partial charge in [0.2, 0.25) is 0 Å². The van der Waals surface area contributed by atoms with Crippen molar-refractivity contribution in [1.29, 1.82) is 0 Å². The van der Waals surface area contributed by atoms with Crippen molar-refractivity contribution < 1.29 is 9.15 Å². The standard InChI is InChI=1S/C12H18INO2/c1-12(2)7-9(5-6-15-12)14-8-10-3-4-11(13)16-10/h3-4,9,14H,5-8H2,1-2H3. The van der Waals surface area contributed by atoms with Crippen molar-refractivity contribution in [2.45, 2.75) is 44.9 Å². The first-order valence-corrected chi connectivity index (χ1v) is 6.75. The van der Waals surface area contributed by atoms with Crippen molar-refractivity contribution in [3.63, 3.8) is 0 Å². The maximum Gasteiger partial charge on any atom is 0.164 e. The Balaban J connectivity index is 1.82. The molecule has 1 saturated heterocycles. The van der Waals surface area contributed by atoms with Crippen LogP contribution in [0.1, 0.15) is 32.4 Å². The average molecular weight is 335 g/mol. The molecule has 1 atom stereocenters. The zero-order valence-electron chi connectivity index (χ0n) is 9.75. The van der Waals surface area contributed by atoms with Gasteiger partial charge in [-0.2, -0.15) is 0 Å². The summed E-state index contributed by atoms with van der Waals surface area (Å²) in [5.41, 5.74) is 0.00744. The molecule has 0 aliphatic carbocycles. The maximum atomic E-state index is 5.69. The van der Waals surface area contributed by atoms with E-state index in [1.807, 2.05) is 12.1 Å². The molecule has 0 aromatic carbocycles. The van der Waals surface area contributed by atoms with E-state index in [1.54, 1.807) is 0 Å². The second kappa shape index (κ2) is 5.06. The summed E-state index contributed by atoms with van der Waals surface area (Å²) in [6.45, 7) is 5.96. The highest BCUT2D eigenvalue weighted by molar-refractivity contribution is 14.1. The fourth-order valence-electron chi connectivity index (χ4n) is 2.10. The molecular weight excluding hydrogens is 317 g/mol. The molecule has 0 spiro atoms. The van der Waals surface area contributed by atoms with E-state index >= 15 is 0 Å². The number of ether oxygens (including phenoxy) is 1. The Morgan fingerprint density at radius 2 is 2.31 bits per heavy atom. The molecule has 1 aliphatic heterocycles. The molecule has 1 aromatic heterocycles. The van der Waals surface area contributed by atoms with Crippen molar-refractivity contribution >= 4 is 22.6 Å². The van der Waals surface area contributed by atoms with Crippen LogP contribution < -0.4 is 5.32 Å². The van der Waals surface area contributed by atoms with Crippen molar-refractivity contribution in [2.24, 2.45) is 0 Å². The minimum absolute atomic E-state index is 0.00744. The highest BCUT2D eigenvalue weighted by atomic mass is 127. The normalized spacial score (nSPS) is 24.6. The first-order chi connectivity index (χ1) is 7.55. The lowest BCUT2D eigenvalue weighted by molar-refractivity contribution is -0.0632. The van der Waals surface area contributed by atoms with Crippen LogP contribution in [0, 0.1) is 3.77 Å². The van der Waals surface area contributed by atoms with Crippen LogP contribution in [0.15, 0.2) is 16.5 Å². The smallest absolute Gasteiger partial charge is 0.164 e. The van der Waals surface area contributed by atoms with Gasteiger partial charge in [-0.25, -0.2) is 0 Å². The highest BCUT2D eigenvalue weighted by Crippen LogP contribution is 2.24. The quantitative estimate of drug-likeness (QED) is 0.863. The molecule has 1 fully saturated rings. The minimum Gasteiger partial charge on any atom is -0.454 e. The van der Waals surface area contributed by atoms with Gasteiger partial charge in [-0.3, -0.25) is 0 Å². The van der Waals surface area contributed by atoms with Crippen LogP contribution in [0.25, 0.3) is 0 Å². The Morgan fingerprint density at radius 1 is 1.50 bits per heavy atom. The third kappa shape index (κ3) is 3.46. The summed E-state index contributed by atoms with van der Waals surface area (Å²) in [4.78, 5) is 0. The highest BCUT2D eigenvalue weighted by Gasteiger charge is 2.28. The third-order valence-corrected chi connectivity index (χ3v) is 3.47. The lowest BCUT2D eigenvalue weighted by Gasteiger charge is -2.35. The van der Waals surface area contributed by atoms with E-state index in [9.17, 15) is 0 Å². The number of hydrogen-bond acceptors (Lipinski definition) is 3. The van der Waals surface area contributed by atoms with Gasteiger partial charge < -0.3 is 14.5 Å². The number of nitrogens with one attached hydrogen (secondary N) is 1. The number of halogens is 1. The van der Waals surface area contributed by atoms with Crippen molar-refractivity contribution in [3.8, 4) is 0 Å². The van der Waals surface area contributed by atoms with Gasteiger partial charge in [0.15, 0.2) is 3.77 Å². The summed E-state index contributed by atoms with van der Waals surface area (Å²) < 4.78 is 12.2. The lowest BCUT2D eigenvalue weighted by Crippen LogP contribution is -2.43. The Morgan fingerprint density at radius 3 is 2.94 bits per heavy atom. The van der Waals surface area contributed by atoms with Crippen LogP contribution in [0.2, 0.25) is 0 Å². The van der Waals surface area contributed by atoms with Crippen LogP contribution in [-0.2, 0) is 11.3 Å². The Hall–Kier alpha value is -0.0700. The summed E-state index contributed by atoms with van der Waals surface area (Å²) in [6.07, 6.45) is 2.14. The largest absolute Gasteiger partial charge is 0.454 e. The summed E-state index contributed by atoms with van der Waals surface area (Å²) >= 11 is 2.19. The van der Waals surface area contributed by atoms with Crippen molar-refractivity contribution in [2.75, 3.05) is 6.61 Å². The zero-order valence-corrected chi connectivity index (χ0v) is 11.9. The molecule has 2 heterocycles. The minimum atomic E-state index is 0.00744. The van der Waals surface area contributed by atoms with Crippen molar-refractivity contribution in [1.82, 2.24) is 5.32 Å². The van der Waals surface area contributed by atoms with Gasteiger partial charge in [-0.15, -0.1) is 0 Å². The van der Waals surface area contributed by atoms with E-state index in [0.29, 0.717) is 6.04 Å². The fraction of sp³-hybridized carbons (Fsp3) is 0.667. The summed E-state index contributed by atoms with van der Waals surface area (Å²) in [6, 6.07) is 4.55. The van der Waals surface area contributed by atoms with Crippen molar-refractivity contribution in [3.05, 3.63) is 21.7 Å². The molecule has 90 valence electrons. The van der Waals surface area contributed by atoms with Crippen LogP contribution in [0.5, 0.6) is 0 Å². The molecule has 0 saturated carbocycles. The van der Waals surface area contributed by atoms with Gasteiger partial charge in [0.1, 0.15) is 5.76 Å². The fourth-order valence-corrected chi connectivity index (χ4v) is 2.56. The molecule has 0 amide bonds. The predicted molar refractivity (Wildman–Crippen MR) is 71.3 cm³/mol. The second-order valence-corrected chi connectivity index (χ2v) is 5.95. The lowest BCUT2D eigenvalue weighted by atomic mass is 9.94. The molecule has 1 aromatic rings. The summed E-state index contributed by atoms with van der Waals surface area (Å²) in [5.74, 6) is 1.01. The van der Waals surface area contributed by atoms with Crippen LogP contribution in [0.4, 0.5) is 0 Å². The Labute approximate surface area is 110 Å². The predicted octanol–water partition coefficient (Wildman–Crippen LogP) is 2.93. The van der Waals surface area contributed by atoms with Gasteiger partial charge >= 0.3 is 0 Å². The topological polar surface area (TPSA) is 34.4 Å². The van der Waals surface area contributed by atoms with Gasteiger partial charge in [-0.05, 0) is 61.4 Å². The van der Waals surface area contributed by atoms with Gasteiger partial charge in [0, 0.05) is 12.6 Å². The van der Waals surface area contributed by atoms with E-state index in [2.05, 4.69) is 41.8 Å². The molecule has 1 N–H and O–H groups in total. The Bertz CT molecular complexity index is 349. The second-order valence-electron chi connectivity index (χ2n) is 4.88. The zero-order chi connectivity index (χ0) is 11.6. The SMILES string of the molecule is CC1(C)CC(NCc2ccc(I)o2)CCO1. The summed E-state index contributed by atoms with van der Waals surface area (Å²) in [5, 5.41) is 3.53. The van der Waals surface area contributed by atoms with E-state index in [-0.39, 0.29) is 5.60 Å². The summed E-state index contributed by atoms with van der Waals surface area (Å²) in [7, 11) is 0. The molecule has 1 unspecified atom stereocenters. The van der Waals surface area contributed by atoms with Gasteiger partial charge in [-0.1, -0.05) is 0 Å². The average Bonchev–Trinajstić information content (AvgIpc) is 2.60. The van der Waals surface area contributed by atoms with Gasteiger partial charge in [0.25, 0.3) is 0 Å². The van der Waals surface area contributed by atoms with E-state index in [1.165, 1.54) is 0 Å². The third-order valence-electron chi connectivity index (χ3n) is 2.89. The first-order valence-electron chi connectivity index (χ1n) is 5.67. The maximum absolute atomic E-state index is 5.69. The van der Waals surface area contributed by atoms with E-state index < -0.39 is 0 Å². The monoisotopic (exact) mass is 335 g/mol. The number of hydrogen-bond donors (Lipinski definition) is 1. The van der Waals surface area contributed by atoms with Crippen LogP contribution >= 0.6 is 22.6 Å². The molecular formula is C12H18INO2. The number of rotatable bonds is 3. The molecule has 2 rings (SSSR count). The van der Waals surface area contributed by atoms with E-state index in [4.69, 9.17) is 9.15 Å².